The first kappa shape index (κ1) is 13.1. The second kappa shape index (κ2) is 4.76. The van der Waals surface area contributed by atoms with Gasteiger partial charge in [-0.1, -0.05) is 20.3 Å². The predicted molar refractivity (Wildman–Crippen MR) is 70.2 cm³/mol. The van der Waals surface area contributed by atoms with Gasteiger partial charge >= 0.3 is 0 Å². The van der Waals surface area contributed by atoms with Crippen LogP contribution in [0.4, 0.5) is 0 Å². The molecule has 1 aromatic heterocycles. The summed E-state index contributed by atoms with van der Waals surface area (Å²) in [5.74, 6) is -0.000129. The summed E-state index contributed by atoms with van der Waals surface area (Å²) in [6.07, 6.45) is 6.49. The minimum absolute atomic E-state index is 0.000129. The molecule has 100 valence electrons. The maximum Gasteiger partial charge on any atom is 0.228 e. The van der Waals surface area contributed by atoms with Crippen LogP contribution in [0.15, 0.2) is 18.5 Å². The van der Waals surface area contributed by atoms with Crippen molar-refractivity contribution in [3.8, 4) is 0 Å². The van der Waals surface area contributed by atoms with Crippen LogP contribution in [0.25, 0.3) is 0 Å². The number of nitrogens with one attached hydrogen (secondary N) is 2. The highest BCUT2D eigenvalue weighted by Gasteiger charge is 2.43. The van der Waals surface area contributed by atoms with Crippen LogP contribution in [0.2, 0.25) is 0 Å². The Hall–Kier alpha value is -1.29. The van der Waals surface area contributed by atoms with Gasteiger partial charge in [0.05, 0.1) is 12.0 Å². The summed E-state index contributed by atoms with van der Waals surface area (Å²) in [7, 11) is 0. The first-order valence-corrected chi connectivity index (χ1v) is 6.53. The highest BCUT2D eigenvalue weighted by molar-refractivity contribution is 5.83. The quantitative estimate of drug-likeness (QED) is 0.742. The van der Waals surface area contributed by atoms with Crippen molar-refractivity contribution < 1.29 is 9.90 Å². The Labute approximate surface area is 108 Å². The molecule has 1 aliphatic rings. The van der Waals surface area contributed by atoms with Crippen molar-refractivity contribution in [3.63, 3.8) is 0 Å². The molecule has 1 fully saturated rings. The Balaban J connectivity index is 1.93. The molecule has 1 heterocycles. The maximum absolute atomic E-state index is 12.1. The van der Waals surface area contributed by atoms with Gasteiger partial charge in [0.2, 0.25) is 5.91 Å². The van der Waals surface area contributed by atoms with Crippen molar-refractivity contribution in [3.05, 3.63) is 24.0 Å². The monoisotopic (exact) mass is 250 g/mol. The van der Waals surface area contributed by atoms with Crippen molar-refractivity contribution >= 4 is 5.91 Å². The number of carbonyl (C=O) groups excluding carboxylic acids is 1. The van der Waals surface area contributed by atoms with E-state index in [4.69, 9.17) is 0 Å². The van der Waals surface area contributed by atoms with Gasteiger partial charge < -0.3 is 15.4 Å². The summed E-state index contributed by atoms with van der Waals surface area (Å²) in [6, 6.07) is 2.03. The third-order valence-electron chi connectivity index (χ3n) is 4.17. The van der Waals surface area contributed by atoms with Gasteiger partial charge in [0.25, 0.3) is 0 Å². The largest absolute Gasteiger partial charge is 0.395 e. The van der Waals surface area contributed by atoms with Crippen molar-refractivity contribution in [2.75, 3.05) is 13.2 Å². The van der Waals surface area contributed by atoms with Gasteiger partial charge in [-0.25, -0.2) is 0 Å². The molecule has 4 heteroatoms. The van der Waals surface area contributed by atoms with E-state index < -0.39 is 5.41 Å². The zero-order valence-corrected chi connectivity index (χ0v) is 11.1. The number of carbonyl (C=O) groups is 1. The molecule has 0 spiro atoms. The van der Waals surface area contributed by atoms with E-state index in [9.17, 15) is 9.90 Å². The van der Waals surface area contributed by atoms with Gasteiger partial charge in [0.15, 0.2) is 0 Å². The molecule has 0 bridgehead atoms. The Kier molecular flexibility index (Phi) is 3.48. The molecule has 0 aliphatic heterocycles. The van der Waals surface area contributed by atoms with Gasteiger partial charge in [-0.15, -0.1) is 0 Å². The third kappa shape index (κ3) is 2.29. The second-order valence-corrected chi connectivity index (χ2v) is 5.96. The normalized spacial score (nSPS) is 18.2. The summed E-state index contributed by atoms with van der Waals surface area (Å²) in [5.41, 5.74) is 0.569. The van der Waals surface area contributed by atoms with Gasteiger partial charge in [0.1, 0.15) is 0 Å². The molecule has 1 aromatic rings. The zero-order chi connectivity index (χ0) is 13.2. The van der Waals surface area contributed by atoms with E-state index in [0.717, 1.165) is 19.3 Å². The molecule has 0 saturated heterocycles. The lowest BCUT2D eigenvalue weighted by Gasteiger charge is -2.39. The highest BCUT2D eigenvalue weighted by Crippen LogP contribution is 2.40. The van der Waals surface area contributed by atoms with Crippen LogP contribution in [0.3, 0.4) is 0 Å². The highest BCUT2D eigenvalue weighted by atomic mass is 16.3. The van der Waals surface area contributed by atoms with Crippen molar-refractivity contribution in [1.29, 1.82) is 0 Å². The van der Waals surface area contributed by atoms with Crippen LogP contribution in [-0.4, -0.2) is 29.1 Å². The minimum atomic E-state index is -0.506. The average molecular weight is 250 g/mol. The SMILES string of the molecule is CC(C)(CNC(=O)C1(CO)CCC1)c1cc[nH]c1. The van der Waals surface area contributed by atoms with E-state index in [1.54, 1.807) is 0 Å². The summed E-state index contributed by atoms with van der Waals surface area (Å²) < 4.78 is 0. The van der Waals surface area contributed by atoms with Crippen LogP contribution >= 0.6 is 0 Å². The molecule has 18 heavy (non-hydrogen) atoms. The Morgan fingerprint density at radius 2 is 2.28 bits per heavy atom. The fraction of sp³-hybridized carbons (Fsp3) is 0.643. The minimum Gasteiger partial charge on any atom is -0.395 e. The standard InChI is InChI=1S/C14H22N2O2/c1-13(2,11-4-7-15-8-11)9-16-12(18)14(10-17)5-3-6-14/h4,7-8,15,17H,3,5-6,9-10H2,1-2H3,(H,16,18). The molecule has 1 saturated carbocycles. The maximum atomic E-state index is 12.1. The lowest BCUT2D eigenvalue weighted by atomic mass is 9.68. The molecule has 0 radical (unpaired) electrons. The molecule has 0 atom stereocenters. The van der Waals surface area contributed by atoms with Crippen LogP contribution in [0, 0.1) is 5.41 Å². The summed E-state index contributed by atoms with van der Waals surface area (Å²) >= 11 is 0. The lowest BCUT2D eigenvalue weighted by molar-refractivity contribution is -0.139. The third-order valence-corrected chi connectivity index (χ3v) is 4.17. The smallest absolute Gasteiger partial charge is 0.228 e. The van der Waals surface area contributed by atoms with Crippen LogP contribution in [-0.2, 0) is 10.2 Å². The topological polar surface area (TPSA) is 65.1 Å². The molecule has 0 aromatic carbocycles. The molecular weight excluding hydrogens is 228 g/mol. The van der Waals surface area contributed by atoms with Crippen LogP contribution < -0.4 is 5.32 Å². The first-order valence-electron chi connectivity index (χ1n) is 6.53. The lowest BCUT2D eigenvalue weighted by Crippen LogP contribution is -2.50. The number of amides is 1. The predicted octanol–water partition coefficient (Wildman–Crippen LogP) is 1.57. The zero-order valence-electron chi connectivity index (χ0n) is 11.1. The average Bonchev–Trinajstić information content (AvgIpc) is 2.80. The number of aromatic amines is 1. The molecule has 3 N–H and O–H groups in total. The van der Waals surface area contributed by atoms with E-state index in [-0.39, 0.29) is 17.9 Å². The number of rotatable bonds is 5. The van der Waals surface area contributed by atoms with Gasteiger partial charge in [-0.05, 0) is 24.5 Å². The van der Waals surface area contributed by atoms with Crippen molar-refractivity contribution in [2.24, 2.45) is 5.41 Å². The van der Waals surface area contributed by atoms with Crippen LogP contribution in [0.1, 0.15) is 38.7 Å². The van der Waals surface area contributed by atoms with Gasteiger partial charge in [-0.3, -0.25) is 4.79 Å². The van der Waals surface area contributed by atoms with E-state index >= 15 is 0 Å². The summed E-state index contributed by atoms with van der Waals surface area (Å²) in [5, 5.41) is 12.3. The molecule has 1 aliphatic carbocycles. The van der Waals surface area contributed by atoms with E-state index in [1.807, 2.05) is 18.5 Å². The van der Waals surface area contributed by atoms with Crippen molar-refractivity contribution in [1.82, 2.24) is 10.3 Å². The first-order chi connectivity index (χ1) is 8.50. The Morgan fingerprint density at radius 3 is 2.72 bits per heavy atom. The molecule has 0 unspecified atom stereocenters. The molecular formula is C14H22N2O2. The van der Waals surface area contributed by atoms with Gasteiger partial charge in [0, 0.05) is 24.4 Å². The van der Waals surface area contributed by atoms with Gasteiger partial charge in [-0.2, -0.15) is 0 Å². The van der Waals surface area contributed by atoms with E-state index in [0.29, 0.717) is 6.54 Å². The number of H-pyrrole nitrogens is 1. The van der Waals surface area contributed by atoms with Crippen LogP contribution in [0.5, 0.6) is 0 Å². The number of hydrogen-bond donors (Lipinski definition) is 3. The summed E-state index contributed by atoms with van der Waals surface area (Å²) in [6.45, 7) is 4.75. The Morgan fingerprint density at radius 1 is 1.56 bits per heavy atom. The number of aliphatic hydroxyl groups is 1. The molecule has 2 rings (SSSR count). The number of aromatic nitrogens is 1. The van der Waals surface area contributed by atoms with Crippen molar-refractivity contribution in [2.45, 2.75) is 38.5 Å². The summed E-state index contributed by atoms with van der Waals surface area (Å²) in [4.78, 5) is 15.2. The number of hydrogen-bond acceptors (Lipinski definition) is 2. The van der Waals surface area contributed by atoms with E-state index in [2.05, 4.69) is 24.1 Å². The molecule has 4 nitrogen and oxygen atoms in total. The Bertz CT molecular complexity index is 400. The molecule has 1 amide bonds. The second-order valence-electron chi connectivity index (χ2n) is 5.96. The number of aliphatic hydroxyl groups excluding tert-OH is 1. The van der Waals surface area contributed by atoms with E-state index in [1.165, 1.54) is 5.56 Å². The fourth-order valence-electron chi connectivity index (χ4n) is 2.40. The fourth-order valence-corrected chi connectivity index (χ4v) is 2.40.